The zero-order valence-electron chi connectivity index (χ0n) is 17.5. The molecule has 1 aliphatic carbocycles. The third kappa shape index (κ3) is 4.06. The number of quaternary nitrogens is 1. The van der Waals surface area contributed by atoms with Crippen LogP contribution in [0.15, 0.2) is 18.2 Å². The lowest BCUT2D eigenvalue weighted by Crippen LogP contribution is -3.12. The Morgan fingerprint density at radius 1 is 1.27 bits per heavy atom. The van der Waals surface area contributed by atoms with Crippen molar-refractivity contribution in [3.63, 3.8) is 0 Å². The van der Waals surface area contributed by atoms with E-state index >= 15 is 0 Å². The molecule has 0 bridgehead atoms. The van der Waals surface area contributed by atoms with Gasteiger partial charge < -0.3 is 14.4 Å². The summed E-state index contributed by atoms with van der Waals surface area (Å²) in [5.74, 6) is 3.07. The van der Waals surface area contributed by atoms with E-state index in [2.05, 4.69) is 6.92 Å². The van der Waals surface area contributed by atoms with Gasteiger partial charge in [0, 0.05) is 9.90 Å². The Bertz CT molecular complexity index is 1080. The number of hydrogen-bond donors (Lipinski definition) is 1. The second-order valence-corrected chi connectivity index (χ2v) is 10.0. The van der Waals surface area contributed by atoms with E-state index in [-0.39, 0.29) is 0 Å². The lowest BCUT2D eigenvalue weighted by molar-refractivity contribution is -0.922. The fourth-order valence-corrected chi connectivity index (χ4v) is 6.01. The van der Waals surface area contributed by atoms with Crippen LogP contribution in [0.3, 0.4) is 0 Å². The molecule has 1 atom stereocenters. The maximum atomic E-state index is 6.42. The fraction of sp³-hybridized carbons (Fsp3) is 0.478. The highest BCUT2D eigenvalue weighted by molar-refractivity contribution is 7.18. The first-order valence-corrected chi connectivity index (χ1v) is 11.9. The smallest absolute Gasteiger partial charge is 0.231 e. The summed E-state index contributed by atoms with van der Waals surface area (Å²) in [7, 11) is 0. The Morgan fingerprint density at radius 2 is 2.10 bits per heavy atom. The molecule has 1 fully saturated rings. The van der Waals surface area contributed by atoms with Crippen molar-refractivity contribution in [2.75, 3.05) is 26.3 Å². The number of nitrogens with zero attached hydrogens (tertiary/aromatic N) is 2. The number of aryl methyl sites for hydroxylation is 2. The van der Waals surface area contributed by atoms with Crippen molar-refractivity contribution < 1.29 is 14.4 Å². The molecule has 0 amide bonds. The number of rotatable bonds is 4. The van der Waals surface area contributed by atoms with Crippen LogP contribution in [-0.2, 0) is 24.1 Å². The summed E-state index contributed by atoms with van der Waals surface area (Å²) in [4.78, 5) is 13.9. The van der Waals surface area contributed by atoms with Gasteiger partial charge in [-0.05, 0) is 61.4 Å². The van der Waals surface area contributed by atoms with E-state index < -0.39 is 0 Å². The summed E-state index contributed by atoms with van der Waals surface area (Å²) < 4.78 is 11.9. The number of thiophene rings is 1. The highest BCUT2D eigenvalue weighted by atomic mass is 35.5. The largest absolute Gasteiger partial charge is 0.438 e. The van der Waals surface area contributed by atoms with Crippen LogP contribution < -0.4 is 9.64 Å². The van der Waals surface area contributed by atoms with Gasteiger partial charge in [-0.25, -0.2) is 4.98 Å². The molecule has 2 aliphatic rings. The Hall–Kier alpha value is -1.73. The normalized spacial score (nSPS) is 19.8. The predicted molar refractivity (Wildman–Crippen MR) is 120 cm³/mol. The van der Waals surface area contributed by atoms with Crippen LogP contribution in [0.1, 0.15) is 35.2 Å². The number of benzene rings is 1. The SMILES string of the molecule is Cc1cc(Cl)ccc1Oc1nc(C[NH+]2CCOCC2)nc2sc3c(c12)CC[C@H](C)C3. The zero-order chi connectivity index (χ0) is 20.7. The van der Waals surface area contributed by atoms with Gasteiger partial charge in [0.15, 0.2) is 5.82 Å². The molecular formula is C23H27ClN3O2S+. The minimum atomic E-state index is 0.695. The van der Waals surface area contributed by atoms with Crippen molar-refractivity contribution >= 4 is 33.2 Å². The third-order valence-electron chi connectivity index (χ3n) is 6.12. The second-order valence-electron chi connectivity index (χ2n) is 8.53. The number of fused-ring (bicyclic) bond motifs is 3. The van der Waals surface area contributed by atoms with E-state index in [9.17, 15) is 0 Å². The molecule has 1 aliphatic heterocycles. The van der Waals surface area contributed by atoms with E-state index in [0.29, 0.717) is 10.9 Å². The quantitative estimate of drug-likeness (QED) is 0.661. The number of nitrogens with one attached hydrogen (secondary N) is 1. The standard InChI is InChI=1S/C23H26ClN3O2S/c1-14-3-5-17-19(11-14)30-23-21(17)22(29-18-6-4-16(24)12-15(18)2)25-20(26-23)13-27-7-9-28-10-8-27/h4,6,12,14H,3,5,7-11,13H2,1-2H3/p+1/t14-/m0/s1. The van der Waals surface area contributed by atoms with Crippen molar-refractivity contribution in [1.29, 1.82) is 0 Å². The first kappa shape index (κ1) is 20.2. The van der Waals surface area contributed by atoms with Gasteiger partial charge in [-0.1, -0.05) is 18.5 Å². The Kier molecular flexibility index (Phi) is 5.67. The lowest BCUT2D eigenvalue weighted by atomic mass is 9.89. The summed E-state index contributed by atoms with van der Waals surface area (Å²) in [6.07, 6.45) is 3.40. The van der Waals surface area contributed by atoms with Crippen molar-refractivity contribution in [3.05, 3.63) is 45.1 Å². The van der Waals surface area contributed by atoms with Crippen LogP contribution in [0.25, 0.3) is 10.2 Å². The molecular weight excluding hydrogens is 418 g/mol. The van der Waals surface area contributed by atoms with E-state index in [4.69, 9.17) is 31.0 Å². The third-order valence-corrected chi connectivity index (χ3v) is 7.50. The van der Waals surface area contributed by atoms with Gasteiger partial charge in [-0.15, -0.1) is 11.3 Å². The maximum Gasteiger partial charge on any atom is 0.231 e. The van der Waals surface area contributed by atoms with Gasteiger partial charge in [0.05, 0.1) is 18.6 Å². The van der Waals surface area contributed by atoms with Crippen LogP contribution in [0, 0.1) is 12.8 Å². The van der Waals surface area contributed by atoms with E-state index in [1.165, 1.54) is 21.8 Å². The lowest BCUT2D eigenvalue weighted by Gasteiger charge is -2.23. The minimum absolute atomic E-state index is 0.695. The second kappa shape index (κ2) is 8.42. The summed E-state index contributed by atoms with van der Waals surface area (Å²) in [6.45, 7) is 8.74. The van der Waals surface area contributed by atoms with Gasteiger partial charge >= 0.3 is 0 Å². The molecule has 3 aromatic rings. The highest BCUT2D eigenvalue weighted by Gasteiger charge is 2.26. The first-order valence-electron chi connectivity index (χ1n) is 10.7. The number of halogens is 1. The van der Waals surface area contributed by atoms with Crippen LogP contribution in [0.4, 0.5) is 0 Å². The van der Waals surface area contributed by atoms with Gasteiger partial charge in [0.2, 0.25) is 5.88 Å². The van der Waals surface area contributed by atoms with Crippen LogP contribution >= 0.6 is 22.9 Å². The average molecular weight is 445 g/mol. The van der Waals surface area contributed by atoms with Gasteiger partial charge in [-0.2, -0.15) is 4.98 Å². The molecule has 3 heterocycles. The van der Waals surface area contributed by atoms with Gasteiger partial charge in [-0.3, -0.25) is 0 Å². The molecule has 158 valence electrons. The Morgan fingerprint density at radius 3 is 2.90 bits per heavy atom. The molecule has 1 saturated heterocycles. The molecule has 0 radical (unpaired) electrons. The van der Waals surface area contributed by atoms with Crippen LogP contribution in [-0.4, -0.2) is 36.3 Å². The molecule has 1 aromatic carbocycles. The number of ether oxygens (including phenoxy) is 2. The summed E-state index contributed by atoms with van der Waals surface area (Å²) in [5, 5.41) is 1.82. The first-order chi connectivity index (χ1) is 14.6. The summed E-state index contributed by atoms with van der Waals surface area (Å²) in [5.41, 5.74) is 2.40. The van der Waals surface area contributed by atoms with Gasteiger partial charge in [0.1, 0.15) is 30.2 Å². The predicted octanol–water partition coefficient (Wildman–Crippen LogP) is 3.99. The van der Waals surface area contributed by atoms with Crippen molar-refractivity contribution in [2.45, 2.75) is 39.7 Å². The molecule has 30 heavy (non-hydrogen) atoms. The molecule has 0 saturated carbocycles. The van der Waals surface area contributed by atoms with E-state index in [1.807, 2.05) is 36.5 Å². The van der Waals surface area contributed by atoms with Crippen LogP contribution in [0.5, 0.6) is 11.6 Å². The maximum absolute atomic E-state index is 6.42. The molecule has 2 aromatic heterocycles. The van der Waals surface area contributed by atoms with Crippen molar-refractivity contribution in [2.24, 2.45) is 5.92 Å². The molecule has 5 rings (SSSR count). The molecule has 0 unspecified atom stereocenters. The summed E-state index contributed by atoms with van der Waals surface area (Å²) >= 11 is 7.97. The Labute approximate surface area is 186 Å². The molecule has 7 heteroatoms. The monoisotopic (exact) mass is 444 g/mol. The summed E-state index contributed by atoms with van der Waals surface area (Å²) in [6, 6.07) is 5.73. The zero-order valence-corrected chi connectivity index (χ0v) is 19.0. The molecule has 0 spiro atoms. The fourth-order valence-electron chi connectivity index (χ4n) is 4.40. The van der Waals surface area contributed by atoms with Gasteiger partial charge in [0.25, 0.3) is 0 Å². The highest BCUT2D eigenvalue weighted by Crippen LogP contribution is 2.42. The van der Waals surface area contributed by atoms with Crippen molar-refractivity contribution in [1.82, 2.24) is 9.97 Å². The number of hydrogen-bond acceptors (Lipinski definition) is 5. The topological polar surface area (TPSA) is 48.7 Å². The number of morpholine rings is 1. The van der Waals surface area contributed by atoms with E-state index in [1.54, 1.807) is 0 Å². The Balaban J connectivity index is 1.57. The average Bonchev–Trinajstić information content (AvgIpc) is 3.08. The van der Waals surface area contributed by atoms with Crippen molar-refractivity contribution in [3.8, 4) is 11.6 Å². The molecule has 5 nitrogen and oxygen atoms in total. The molecule has 1 N–H and O–H groups in total. The van der Waals surface area contributed by atoms with Crippen LogP contribution in [0.2, 0.25) is 5.02 Å². The minimum Gasteiger partial charge on any atom is -0.438 e. The number of aromatic nitrogens is 2. The van der Waals surface area contributed by atoms with E-state index in [0.717, 1.165) is 79.0 Å².